The van der Waals surface area contributed by atoms with Crippen molar-refractivity contribution in [2.75, 3.05) is 13.1 Å². The lowest BCUT2D eigenvalue weighted by molar-refractivity contribution is -0.143. The van der Waals surface area contributed by atoms with E-state index in [1.165, 1.54) is 12.5 Å². The van der Waals surface area contributed by atoms with E-state index in [0.29, 0.717) is 31.5 Å². The molecule has 4 atom stereocenters. The zero-order valence-corrected chi connectivity index (χ0v) is 18.6. The SMILES string of the molecule is CCC(C)C(NC(=O)C(Cc1cnc[nH]1)NC(=O)CNC(=O)C(N)CCCCN)C(=O)O. The molecule has 0 bridgehead atoms. The molecule has 0 aliphatic rings. The highest BCUT2D eigenvalue weighted by Gasteiger charge is 2.30. The molecule has 9 N–H and O–H groups in total. The topological polar surface area (TPSA) is 205 Å². The van der Waals surface area contributed by atoms with Crippen molar-refractivity contribution < 1.29 is 24.3 Å². The van der Waals surface area contributed by atoms with Gasteiger partial charge in [0.25, 0.3) is 0 Å². The summed E-state index contributed by atoms with van der Waals surface area (Å²) in [6.45, 7) is 3.67. The van der Waals surface area contributed by atoms with Crippen LogP contribution in [0, 0.1) is 5.92 Å². The van der Waals surface area contributed by atoms with E-state index in [0.717, 1.165) is 6.42 Å². The number of carboxylic acids is 1. The molecule has 4 unspecified atom stereocenters. The fraction of sp³-hybridized carbons (Fsp3) is 0.650. The Balaban J connectivity index is 2.73. The highest BCUT2D eigenvalue weighted by molar-refractivity contribution is 5.92. The summed E-state index contributed by atoms with van der Waals surface area (Å²) in [4.78, 5) is 55.5. The molecule has 1 aromatic heterocycles. The van der Waals surface area contributed by atoms with Crippen molar-refractivity contribution >= 4 is 23.7 Å². The van der Waals surface area contributed by atoms with Crippen LogP contribution in [0.25, 0.3) is 0 Å². The number of carbonyl (C=O) groups is 4. The molecule has 0 aliphatic heterocycles. The van der Waals surface area contributed by atoms with E-state index in [1.54, 1.807) is 6.92 Å². The number of imidazole rings is 1. The van der Waals surface area contributed by atoms with E-state index >= 15 is 0 Å². The minimum absolute atomic E-state index is 0.0664. The number of nitrogens with one attached hydrogen (secondary N) is 4. The summed E-state index contributed by atoms with van der Waals surface area (Å²) in [5, 5.41) is 16.9. The summed E-state index contributed by atoms with van der Waals surface area (Å²) in [7, 11) is 0. The smallest absolute Gasteiger partial charge is 0.326 e. The van der Waals surface area contributed by atoms with Crippen molar-refractivity contribution in [1.82, 2.24) is 25.9 Å². The monoisotopic (exact) mass is 453 g/mol. The number of aromatic nitrogens is 2. The molecule has 180 valence electrons. The van der Waals surface area contributed by atoms with Crippen LogP contribution in [0.5, 0.6) is 0 Å². The van der Waals surface area contributed by atoms with Crippen LogP contribution >= 0.6 is 0 Å². The molecule has 0 spiro atoms. The van der Waals surface area contributed by atoms with Gasteiger partial charge in [0.05, 0.1) is 18.9 Å². The lowest BCUT2D eigenvalue weighted by Crippen LogP contribution is -2.55. The van der Waals surface area contributed by atoms with Crippen LogP contribution < -0.4 is 27.4 Å². The number of unbranched alkanes of at least 4 members (excludes halogenated alkanes) is 1. The van der Waals surface area contributed by atoms with Gasteiger partial charge in [0.1, 0.15) is 12.1 Å². The third kappa shape index (κ3) is 9.43. The van der Waals surface area contributed by atoms with E-state index < -0.39 is 41.8 Å². The normalized spacial score (nSPS) is 14.6. The number of amides is 3. The number of rotatable bonds is 15. The minimum atomic E-state index is -1.16. The van der Waals surface area contributed by atoms with Crippen LogP contribution in [0.1, 0.15) is 45.2 Å². The van der Waals surface area contributed by atoms with Crippen LogP contribution in [-0.4, -0.2) is 70.0 Å². The third-order valence-corrected chi connectivity index (χ3v) is 5.14. The Labute approximate surface area is 187 Å². The van der Waals surface area contributed by atoms with Crippen LogP contribution in [-0.2, 0) is 25.6 Å². The summed E-state index contributed by atoms with van der Waals surface area (Å²) in [5.74, 6) is -3.20. The highest BCUT2D eigenvalue weighted by atomic mass is 16.4. The van der Waals surface area contributed by atoms with E-state index in [4.69, 9.17) is 11.5 Å². The Bertz CT molecular complexity index is 741. The molecule has 0 aliphatic carbocycles. The van der Waals surface area contributed by atoms with Gasteiger partial charge in [-0.3, -0.25) is 14.4 Å². The number of carboxylic acid groups (broad SMARTS) is 1. The second-order valence-corrected chi connectivity index (χ2v) is 7.72. The van der Waals surface area contributed by atoms with Gasteiger partial charge in [0, 0.05) is 18.3 Å². The predicted molar refractivity (Wildman–Crippen MR) is 117 cm³/mol. The van der Waals surface area contributed by atoms with E-state index in [9.17, 15) is 24.3 Å². The second kappa shape index (κ2) is 14.1. The Kier molecular flexibility index (Phi) is 12.0. The van der Waals surface area contributed by atoms with Gasteiger partial charge in [-0.05, 0) is 25.3 Å². The van der Waals surface area contributed by atoms with E-state index in [2.05, 4.69) is 25.9 Å². The number of carbonyl (C=O) groups excluding carboxylic acids is 3. The fourth-order valence-corrected chi connectivity index (χ4v) is 2.95. The molecular weight excluding hydrogens is 418 g/mol. The van der Waals surface area contributed by atoms with Gasteiger partial charge in [-0.2, -0.15) is 0 Å². The zero-order chi connectivity index (χ0) is 24.1. The molecule has 1 aromatic rings. The van der Waals surface area contributed by atoms with Gasteiger partial charge in [0.2, 0.25) is 17.7 Å². The van der Waals surface area contributed by atoms with Crippen LogP contribution in [0.4, 0.5) is 0 Å². The van der Waals surface area contributed by atoms with Crippen molar-refractivity contribution in [1.29, 1.82) is 0 Å². The second-order valence-electron chi connectivity index (χ2n) is 7.72. The summed E-state index contributed by atoms with van der Waals surface area (Å²) in [6, 6.07) is -2.92. The van der Waals surface area contributed by atoms with Crippen molar-refractivity contribution in [3.63, 3.8) is 0 Å². The standard InChI is InChI=1S/C20H35N7O5/c1-3-12(2)17(20(31)32)27-19(30)15(8-13-9-23-11-25-13)26-16(28)10-24-18(29)14(22)6-4-5-7-21/h9,11-12,14-15,17H,3-8,10,21-22H2,1-2H3,(H,23,25)(H,24,29)(H,26,28)(H,27,30)(H,31,32). The molecule has 0 saturated carbocycles. The molecule has 0 aromatic carbocycles. The largest absolute Gasteiger partial charge is 0.480 e. The summed E-state index contributed by atoms with van der Waals surface area (Å²) in [6.07, 6.45) is 5.44. The number of nitrogens with two attached hydrogens (primary N) is 2. The zero-order valence-electron chi connectivity index (χ0n) is 18.6. The Morgan fingerprint density at radius 3 is 2.47 bits per heavy atom. The average molecular weight is 454 g/mol. The molecular formula is C20H35N7O5. The Hall–Kier alpha value is -2.99. The summed E-state index contributed by atoms with van der Waals surface area (Å²) >= 11 is 0. The first-order valence-corrected chi connectivity index (χ1v) is 10.7. The maximum atomic E-state index is 12.8. The minimum Gasteiger partial charge on any atom is -0.480 e. The van der Waals surface area contributed by atoms with Crippen molar-refractivity contribution in [3.05, 3.63) is 18.2 Å². The van der Waals surface area contributed by atoms with Gasteiger partial charge in [-0.1, -0.05) is 26.7 Å². The Morgan fingerprint density at radius 2 is 1.91 bits per heavy atom. The first-order valence-electron chi connectivity index (χ1n) is 10.7. The van der Waals surface area contributed by atoms with E-state index in [1.807, 2.05) is 6.92 Å². The van der Waals surface area contributed by atoms with Gasteiger partial charge >= 0.3 is 5.97 Å². The van der Waals surface area contributed by atoms with Gasteiger partial charge in [-0.25, -0.2) is 9.78 Å². The molecule has 12 nitrogen and oxygen atoms in total. The first kappa shape index (κ1) is 27.0. The molecule has 32 heavy (non-hydrogen) atoms. The van der Waals surface area contributed by atoms with Crippen LogP contribution in [0.3, 0.4) is 0 Å². The quantitative estimate of drug-likeness (QED) is 0.157. The third-order valence-electron chi connectivity index (χ3n) is 5.14. The molecule has 3 amide bonds. The lowest BCUT2D eigenvalue weighted by Gasteiger charge is -2.24. The lowest BCUT2D eigenvalue weighted by atomic mass is 9.98. The van der Waals surface area contributed by atoms with Gasteiger partial charge in [0.15, 0.2) is 0 Å². The molecule has 0 saturated heterocycles. The molecule has 1 rings (SSSR count). The van der Waals surface area contributed by atoms with Gasteiger partial charge < -0.3 is 37.5 Å². The van der Waals surface area contributed by atoms with Crippen LogP contribution in [0.15, 0.2) is 12.5 Å². The maximum Gasteiger partial charge on any atom is 0.326 e. The maximum absolute atomic E-state index is 12.8. The summed E-state index contributed by atoms with van der Waals surface area (Å²) < 4.78 is 0. The number of aliphatic carboxylic acids is 1. The van der Waals surface area contributed by atoms with Crippen molar-refractivity contribution in [3.8, 4) is 0 Å². The number of H-pyrrole nitrogens is 1. The fourth-order valence-electron chi connectivity index (χ4n) is 2.95. The van der Waals surface area contributed by atoms with Crippen LogP contribution in [0.2, 0.25) is 0 Å². The Morgan fingerprint density at radius 1 is 1.19 bits per heavy atom. The van der Waals surface area contributed by atoms with Crippen molar-refractivity contribution in [2.24, 2.45) is 17.4 Å². The summed E-state index contributed by atoms with van der Waals surface area (Å²) in [5.41, 5.74) is 11.8. The predicted octanol–water partition coefficient (Wildman–Crippen LogP) is -1.37. The molecule has 1 heterocycles. The average Bonchev–Trinajstić information content (AvgIpc) is 3.27. The van der Waals surface area contributed by atoms with Gasteiger partial charge in [-0.15, -0.1) is 0 Å². The molecule has 0 radical (unpaired) electrons. The number of hydrogen-bond donors (Lipinski definition) is 7. The molecule has 0 fully saturated rings. The molecule has 12 heteroatoms. The number of aromatic amines is 1. The highest BCUT2D eigenvalue weighted by Crippen LogP contribution is 2.09. The van der Waals surface area contributed by atoms with E-state index in [-0.39, 0.29) is 18.9 Å². The first-order chi connectivity index (χ1) is 15.2. The number of nitrogens with zero attached hydrogens (tertiary/aromatic N) is 1. The number of hydrogen-bond acceptors (Lipinski definition) is 7. The van der Waals surface area contributed by atoms with Crippen molar-refractivity contribution in [2.45, 2.75) is 64.1 Å².